The van der Waals surface area contributed by atoms with E-state index in [1.54, 1.807) is 7.11 Å². The average molecular weight is 414 g/mol. The number of hydrogen-bond acceptors (Lipinski definition) is 8. The van der Waals surface area contributed by atoms with Gasteiger partial charge in [-0.25, -0.2) is 4.98 Å². The van der Waals surface area contributed by atoms with Gasteiger partial charge in [-0.1, -0.05) is 0 Å². The van der Waals surface area contributed by atoms with E-state index >= 15 is 0 Å². The molecule has 0 saturated carbocycles. The van der Waals surface area contributed by atoms with Crippen molar-refractivity contribution in [3.05, 3.63) is 30.0 Å². The van der Waals surface area contributed by atoms with E-state index in [-0.39, 0.29) is 12.2 Å². The van der Waals surface area contributed by atoms with Crippen molar-refractivity contribution in [3.8, 4) is 11.5 Å². The number of aromatic nitrogens is 2. The van der Waals surface area contributed by atoms with E-state index in [0.717, 1.165) is 56.3 Å². The fourth-order valence-electron chi connectivity index (χ4n) is 3.83. The predicted molar refractivity (Wildman–Crippen MR) is 117 cm³/mol. The zero-order valence-electron chi connectivity index (χ0n) is 18.0. The van der Waals surface area contributed by atoms with Gasteiger partial charge in [-0.3, -0.25) is 0 Å². The largest absolute Gasteiger partial charge is 0.493 e. The molecule has 162 valence electrons. The number of nitrogens with one attached hydrogen (secondary N) is 2. The van der Waals surface area contributed by atoms with Gasteiger partial charge in [-0.15, -0.1) is 0 Å². The van der Waals surface area contributed by atoms with Crippen molar-refractivity contribution >= 4 is 17.5 Å². The number of rotatable bonds is 8. The third-order valence-corrected chi connectivity index (χ3v) is 5.57. The highest BCUT2D eigenvalue weighted by Gasteiger charge is 2.31. The third-order valence-electron chi connectivity index (χ3n) is 5.57. The summed E-state index contributed by atoms with van der Waals surface area (Å²) in [6, 6.07) is 7.68. The highest BCUT2D eigenvalue weighted by Crippen LogP contribution is 2.34. The quantitative estimate of drug-likeness (QED) is 0.683. The normalized spacial score (nSPS) is 21.6. The first-order valence-corrected chi connectivity index (χ1v) is 10.6. The molecule has 3 heterocycles. The maximum atomic E-state index is 6.44. The van der Waals surface area contributed by atoms with Gasteiger partial charge in [-0.2, -0.15) is 4.98 Å². The zero-order chi connectivity index (χ0) is 20.9. The summed E-state index contributed by atoms with van der Waals surface area (Å²) in [6.07, 6.45) is 3.35. The summed E-state index contributed by atoms with van der Waals surface area (Å²) in [5, 5.41) is 6.33. The predicted octanol–water partition coefficient (Wildman–Crippen LogP) is 3.21. The number of hydrogen-bond donors (Lipinski definition) is 2. The summed E-state index contributed by atoms with van der Waals surface area (Å²) in [5.41, 5.74) is 1.73. The van der Waals surface area contributed by atoms with Crippen molar-refractivity contribution < 1.29 is 14.2 Å². The molecule has 0 amide bonds. The lowest BCUT2D eigenvalue weighted by atomic mass is 10.0. The Morgan fingerprint density at radius 2 is 2.03 bits per heavy atom. The minimum atomic E-state index is 0.00890. The van der Waals surface area contributed by atoms with Crippen molar-refractivity contribution in [2.45, 2.75) is 38.4 Å². The minimum absolute atomic E-state index is 0.00890. The summed E-state index contributed by atoms with van der Waals surface area (Å²) < 4.78 is 18.0. The average Bonchev–Trinajstić information content (AvgIpc) is 2.71. The van der Waals surface area contributed by atoms with Crippen LogP contribution in [0.4, 0.5) is 17.5 Å². The molecule has 8 heteroatoms. The van der Waals surface area contributed by atoms with Gasteiger partial charge in [-0.05, 0) is 51.4 Å². The fourth-order valence-corrected chi connectivity index (χ4v) is 3.83. The van der Waals surface area contributed by atoms with Gasteiger partial charge in [0.1, 0.15) is 18.0 Å². The van der Waals surface area contributed by atoms with Crippen LogP contribution in [0.25, 0.3) is 0 Å². The van der Waals surface area contributed by atoms with E-state index < -0.39 is 0 Å². The topological polar surface area (TPSA) is 80.8 Å². The van der Waals surface area contributed by atoms with Crippen LogP contribution in [0.1, 0.15) is 25.0 Å². The van der Waals surface area contributed by atoms with E-state index in [1.165, 1.54) is 6.42 Å². The molecule has 2 fully saturated rings. The summed E-state index contributed by atoms with van der Waals surface area (Å²) in [4.78, 5) is 11.4. The Hall–Kier alpha value is -2.58. The van der Waals surface area contributed by atoms with E-state index in [0.29, 0.717) is 17.4 Å². The molecule has 1 aromatic heterocycles. The Bertz CT molecular complexity index is 859. The summed E-state index contributed by atoms with van der Waals surface area (Å²) in [5.74, 6) is 2.71. The van der Waals surface area contributed by atoms with Crippen LogP contribution in [0.2, 0.25) is 0 Å². The summed E-state index contributed by atoms with van der Waals surface area (Å²) in [7, 11) is 3.50. The second-order valence-corrected chi connectivity index (χ2v) is 7.82. The summed E-state index contributed by atoms with van der Waals surface area (Å²) in [6.45, 7) is 5.98. The number of benzene rings is 1. The first-order chi connectivity index (χ1) is 14.6. The molecule has 2 aromatic rings. The molecule has 2 saturated heterocycles. The van der Waals surface area contributed by atoms with E-state index in [9.17, 15) is 0 Å². The van der Waals surface area contributed by atoms with Crippen LogP contribution in [-0.2, 0) is 4.74 Å². The van der Waals surface area contributed by atoms with Crippen LogP contribution in [-0.4, -0.2) is 67.5 Å². The van der Waals surface area contributed by atoms with E-state index in [4.69, 9.17) is 14.2 Å². The maximum Gasteiger partial charge on any atom is 0.229 e. The highest BCUT2D eigenvalue weighted by molar-refractivity contribution is 5.60. The molecular formula is C22H31N5O3. The van der Waals surface area contributed by atoms with Crippen LogP contribution in [0.15, 0.2) is 24.3 Å². The number of ether oxygens (including phenoxy) is 3. The maximum absolute atomic E-state index is 6.44. The molecule has 1 aromatic carbocycles. The molecule has 2 aliphatic heterocycles. The Morgan fingerprint density at radius 1 is 1.17 bits per heavy atom. The molecule has 30 heavy (non-hydrogen) atoms. The first-order valence-electron chi connectivity index (χ1n) is 10.6. The number of anilines is 3. The lowest BCUT2D eigenvalue weighted by Gasteiger charge is -2.39. The number of methoxy groups -OCH3 is 1. The second-order valence-electron chi connectivity index (χ2n) is 7.82. The first kappa shape index (κ1) is 20.7. The van der Waals surface area contributed by atoms with Gasteiger partial charge in [0, 0.05) is 43.7 Å². The van der Waals surface area contributed by atoms with Crippen molar-refractivity contribution in [1.29, 1.82) is 0 Å². The Morgan fingerprint density at radius 3 is 2.77 bits per heavy atom. The van der Waals surface area contributed by atoms with Crippen molar-refractivity contribution in [2.75, 3.05) is 51.0 Å². The van der Waals surface area contributed by atoms with Crippen molar-refractivity contribution in [2.24, 2.45) is 0 Å². The van der Waals surface area contributed by atoms with Gasteiger partial charge in [0.15, 0.2) is 11.5 Å². The van der Waals surface area contributed by atoms with Gasteiger partial charge < -0.3 is 29.7 Å². The molecular weight excluding hydrogens is 382 g/mol. The van der Waals surface area contributed by atoms with Gasteiger partial charge >= 0.3 is 0 Å². The molecule has 4 rings (SSSR count). The molecule has 2 N–H and O–H groups in total. The monoisotopic (exact) mass is 413 g/mol. The minimum Gasteiger partial charge on any atom is -0.493 e. The molecule has 2 atom stereocenters. The lowest BCUT2D eigenvalue weighted by molar-refractivity contribution is -0.0820. The van der Waals surface area contributed by atoms with Gasteiger partial charge in [0.05, 0.1) is 7.11 Å². The molecule has 0 spiro atoms. The molecule has 2 aliphatic rings. The molecule has 0 aliphatic carbocycles. The SMILES string of the molecule is CNc1cc(C)nc(Nc2ccc(OC)c(O[C@@H]3CCCO[C@@H]3CN3CCC3)c2)n1. The van der Waals surface area contributed by atoms with Crippen LogP contribution in [0.3, 0.4) is 0 Å². The zero-order valence-corrected chi connectivity index (χ0v) is 18.0. The Labute approximate surface area is 177 Å². The van der Waals surface area contributed by atoms with Gasteiger partial charge in [0.25, 0.3) is 0 Å². The van der Waals surface area contributed by atoms with Gasteiger partial charge in [0.2, 0.25) is 5.95 Å². The van der Waals surface area contributed by atoms with Crippen molar-refractivity contribution in [3.63, 3.8) is 0 Å². The van der Waals surface area contributed by atoms with Crippen LogP contribution >= 0.6 is 0 Å². The van der Waals surface area contributed by atoms with E-state index in [1.807, 2.05) is 38.2 Å². The van der Waals surface area contributed by atoms with Crippen molar-refractivity contribution in [1.82, 2.24) is 14.9 Å². The molecule has 0 bridgehead atoms. The summed E-state index contributed by atoms with van der Waals surface area (Å²) >= 11 is 0. The Kier molecular flexibility index (Phi) is 6.54. The smallest absolute Gasteiger partial charge is 0.229 e. The molecule has 0 unspecified atom stereocenters. The number of likely N-dealkylation sites (tertiary alicyclic amines) is 1. The lowest BCUT2D eigenvalue weighted by Crippen LogP contribution is -2.50. The standard InChI is InChI=1S/C22H31N5O3/c1-15-12-21(23-2)26-22(24-15)25-16-7-8-17(28-3)19(13-16)30-18-6-4-11-29-20(18)14-27-9-5-10-27/h7-8,12-13,18,20H,4-6,9-11,14H2,1-3H3,(H2,23,24,25,26)/t18-,20-/m1/s1. The van der Waals surface area contributed by atoms with E-state index in [2.05, 4.69) is 25.5 Å². The molecule has 0 radical (unpaired) electrons. The second kappa shape index (κ2) is 9.49. The van der Waals surface area contributed by atoms with Crippen LogP contribution in [0.5, 0.6) is 11.5 Å². The highest BCUT2D eigenvalue weighted by atomic mass is 16.6. The third kappa shape index (κ3) is 4.94. The molecule has 8 nitrogen and oxygen atoms in total. The number of aryl methyl sites for hydroxylation is 1. The van der Waals surface area contributed by atoms with Crippen LogP contribution in [0, 0.1) is 6.92 Å². The Balaban J connectivity index is 1.51. The van der Waals surface area contributed by atoms with Crippen LogP contribution < -0.4 is 20.1 Å². The number of nitrogens with zero attached hydrogens (tertiary/aromatic N) is 3. The fraction of sp³-hybridized carbons (Fsp3) is 0.545.